The predicted octanol–water partition coefficient (Wildman–Crippen LogP) is 8.75. The van der Waals surface area contributed by atoms with Gasteiger partial charge in [0, 0.05) is 57.4 Å². The minimum absolute atomic E-state index is 0.0830. The van der Waals surface area contributed by atoms with Crippen molar-refractivity contribution in [3.63, 3.8) is 0 Å². The molecule has 84 heavy (non-hydrogen) atoms. The molecule has 0 fully saturated rings. The van der Waals surface area contributed by atoms with Crippen LogP contribution in [0, 0.1) is 0 Å². The molecular weight excluding hydrogens is 1210 g/mol. The van der Waals surface area contributed by atoms with E-state index in [-0.39, 0.29) is 59.6 Å². The van der Waals surface area contributed by atoms with Gasteiger partial charge < -0.3 is 10.0 Å². The summed E-state index contributed by atoms with van der Waals surface area (Å²) in [4.78, 5) is 10.9. The van der Waals surface area contributed by atoms with E-state index < -0.39 is 97.1 Å². The lowest BCUT2D eigenvalue weighted by Crippen LogP contribution is -2.28. The van der Waals surface area contributed by atoms with Crippen LogP contribution in [-0.2, 0) is 88.3 Å². The maximum absolute atomic E-state index is 13.9. The Kier molecular flexibility index (Phi) is 15.5. The van der Waals surface area contributed by atoms with Gasteiger partial charge in [0.25, 0.3) is 60.7 Å². The number of fused-ring (bicyclic) bond motifs is 6. The Morgan fingerprint density at radius 2 is 1.01 bits per heavy atom. The fourth-order valence-electron chi connectivity index (χ4n) is 10.6. The number of rotatable bonds is 17. The lowest BCUT2D eigenvalue weighted by atomic mass is 9.78. The molecule has 0 amide bonds. The Bertz CT molecular complexity index is 4860. The summed E-state index contributed by atoms with van der Waals surface area (Å²) in [5.74, 6) is -1.24. The van der Waals surface area contributed by atoms with E-state index in [2.05, 4.69) is 0 Å². The first-order valence-electron chi connectivity index (χ1n) is 24.6. The third kappa shape index (κ3) is 10.7. The number of hydrogen-bond donors (Lipinski definition) is 3. The molecule has 0 unspecified atom stereocenters. The second-order valence-electron chi connectivity index (χ2n) is 20.1. The van der Waals surface area contributed by atoms with Crippen molar-refractivity contribution in [3.05, 3.63) is 174 Å². The molecule has 2 aliphatic heterocycles. The Hall–Kier alpha value is -7.32. The summed E-state index contributed by atoms with van der Waals surface area (Å²) < 4.78 is 200. The highest BCUT2D eigenvalue weighted by Crippen LogP contribution is 2.56. The van der Waals surface area contributed by atoms with Gasteiger partial charge in [-0.3, -0.25) is 25.8 Å². The number of hydrogen-bond acceptors (Lipinski definition) is 18. The molecule has 0 spiro atoms. The van der Waals surface area contributed by atoms with E-state index >= 15 is 0 Å². The fourth-order valence-corrected chi connectivity index (χ4v) is 14.8. The number of benzene rings is 7. The van der Waals surface area contributed by atoms with Gasteiger partial charge in [0.05, 0.1) is 59.8 Å². The largest absolute Gasteiger partial charge is 0.478 e. The zero-order valence-corrected chi connectivity index (χ0v) is 50.4. The molecule has 7 aromatic rings. The van der Waals surface area contributed by atoms with Gasteiger partial charge in [-0.2, -0.15) is 55.1 Å². The van der Waals surface area contributed by atoms with Crippen molar-refractivity contribution in [3.8, 4) is 0 Å². The maximum Gasteiger partial charge on any atom is 0.335 e. The standard InChI is InChI=1S/C56H50N2O20S6/c1-55(2)50(57(36-11-9-13-40(27-36)81(67,68)75-5)46-31-48(83(71,72)77-7)44-29-38(79(61,62)63)21-23-42(44)52(46)55)25-19-34(33-15-17-35(18-16-33)54(59)60)20-26-51-56(3,4)53-43-24-22-39(80(64,65)66)30-45(43)49(84(73,74)78-8)32-47(53)58(51)37-12-10-14-41(28-37)82(69,70)76-6/h9-32H,1-8H3,(H2-,59,60,61,62,63,64,65,66)/p+1. The van der Waals surface area contributed by atoms with E-state index in [1.807, 2.05) is 0 Å². The molecule has 0 radical (unpaired) electrons. The highest BCUT2D eigenvalue weighted by molar-refractivity contribution is 7.88. The van der Waals surface area contributed by atoms with Crippen molar-refractivity contribution in [2.45, 2.75) is 67.9 Å². The molecule has 22 nitrogen and oxygen atoms in total. The van der Waals surface area contributed by atoms with Gasteiger partial charge in [-0.25, -0.2) is 4.79 Å². The molecule has 440 valence electrons. The Labute approximate surface area is 484 Å². The number of anilines is 2. The summed E-state index contributed by atoms with van der Waals surface area (Å²) in [5.41, 5.74) is 0.275. The highest BCUT2D eigenvalue weighted by Gasteiger charge is 2.49. The number of carboxylic acid groups (broad SMARTS) is 1. The van der Waals surface area contributed by atoms with E-state index in [0.29, 0.717) is 33.7 Å². The average Bonchev–Trinajstić information content (AvgIpc) is 1.56. The van der Waals surface area contributed by atoms with Crippen molar-refractivity contribution in [1.82, 2.24) is 4.58 Å². The van der Waals surface area contributed by atoms with Crippen LogP contribution in [0.3, 0.4) is 0 Å². The first-order chi connectivity index (χ1) is 39.0. The van der Waals surface area contributed by atoms with Crippen LogP contribution in [0.5, 0.6) is 0 Å². The topological polar surface area (TPSA) is 326 Å². The summed E-state index contributed by atoms with van der Waals surface area (Å²) in [5, 5.41) is 10.0. The summed E-state index contributed by atoms with van der Waals surface area (Å²) in [7, 11) is -24.2. The zero-order chi connectivity index (χ0) is 61.7. The van der Waals surface area contributed by atoms with Gasteiger partial charge in [-0.1, -0.05) is 56.3 Å². The molecule has 7 aromatic carbocycles. The van der Waals surface area contributed by atoms with E-state index in [4.69, 9.17) is 16.7 Å². The smallest absolute Gasteiger partial charge is 0.335 e. The monoisotopic (exact) mass is 1260 g/mol. The summed E-state index contributed by atoms with van der Waals surface area (Å²) >= 11 is 0. The molecule has 2 aliphatic rings. The normalized spacial score (nSPS) is 16.3. The summed E-state index contributed by atoms with van der Waals surface area (Å²) in [6.07, 6.45) is 6.54. The van der Waals surface area contributed by atoms with Gasteiger partial charge in [-0.05, 0) is 120 Å². The third-order valence-electron chi connectivity index (χ3n) is 14.6. The molecule has 0 bridgehead atoms. The number of carbonyl (C=O) groups is 1. The summed E-state index contributed by atoms with van der Waals surface area (Å²) in [6.45, 7) is 7.07. The molecule has 3 N–H and O–H groups in total. The van der Waals surface area contributed by atoms with Crippen molar-refractivity contribution >= 4 is 122 Å². The molecule has 9 rings (SSSR count). The third-order valence-corrected chi connectivity index (χ3v) is 21.5. The van der Waals surface area contributed by atoms with Gasteiger partial charge in [0.2, 0.25) is 11.4 Å². The Morgan fingerprint density at radius 1 is 0.524 bits per heavy atom. The van der Waals surface area contributed by atoms with Gasteiger partial charge in [0.1, 0.15) is 14.7 Å². The molecule has 0 aromatic heterocycles. The predicted molar refractivity (Wildman–Crippen MR) is 310 cm³/mol. The van der Waals surface area contributed by atoms with Crippen LogP contribution in [0.25, 0.3) is 27.1 Å². The number of aromatic carboxylic acids is 1. The second kappa shape index (κ2) is 21.3. The van der Waals surface area contributed by atoms with Crippen molar-refractivity contribution in [1.29, 1.82) is 0 Å². The lowest BCUT2D eigenvalue weighted by molar-refractivity contribution is 0.0696. The molecule has 2 heterocycles. The van der Waals surface area contributed by atoms with Crippen LogP contribution in [-0.4, -0.2) is 105 Å². The summed E-state index contributed by atoms with van der Waals surface area (Å²) in [6, 6.07) is 26.1. The minimum atomic E-state index is -4.90. The van der Waals surface area contributed by atoms with Crippen LogP contribution < -0.4 is 9.48 Å². The lowest BCUT2D eigenvalue weighted by Gasteiger charge is -2.27. The number of allylic oxidation sites excluding steroid dienone is 6. The first kappa shape index (κ1) is 61.2. The Morgan fingerprint density at radius 3 is 1.52 bits per heavy atom. The van der Waals surface area contributed by atoms with Crippen molar-refractivity contribution in [2.24, 2.45) is 0 Å². The SMILES string of the molecule is COS(=O)(=O)c1cccc(N2C(=CC=C(C=CC3=[N+](c4cccc(S(=O)(=O)OC)c4)c4cc(S(=O)(=O)OC)c5cc(S(=O)(=O)O)ccc5c4C3(C)C)c3ccc(C(=O)O)cc3)C(C)(C)c3c2cc(S(=O)(=O)OC)c2cc(S(=O)(=O)O)ccc32)c1. The van der Waals surface area contributed by atoms with E-state index in [9.17, 15) is 69.5 Å². The van der Waals surface area contributed by atoms with E-state index in [1.165, 1.54) is 84.9 Å². The van der Waals surface area contributed by atoms with Gasteiger partial charge in [0.15, 0.2) is 5.71 Å². The number of carboxylic acids is 1. The van der Waals surface area contributed by atoms with Crippen LogP contribution in [0.15, 0.2) is 181 Å². The molecular formula is C56H51N2O20S6+. The first-order valence-corrected chi connectivity index (χ1v) is 33.1. The van der Waals surface area contributed by atoms with E-state index in [0.717, 1.165) is 52.7 Å². The van der Waals surface area contributed by atoms with Crippen LogP contribution in [0.2, 0.25) is 0 Å². The van der Waals surface area contributed by atoms with Gasteiger partial charge in [-0.15, -0.1) is 0 Å². The quantitative estimate of drug-likeness (QED) is 0.0332. The molecule has 28 heteroatoms. The second-order valence-corrected chi connectivity index (χ2v) is 29.7. The number of nitrogens with zero attached hydrogens (tertiary/aromatic N) is 2. The van der Waals surface area contributed by atoms with E-state index in [1.54, 1.807) is 73.6 Å². The highest BCUT2D eigenvalue weighted by atomic mass is 32.2. The fraction of sp³-hybridized carbons (Fsp3) is 0.179. The zero-order valence-electron chi connectivity index (χ0n) is 45.5. The molecule has 0 atom stereocenters. The molecule has 0 saturated heterocycles. The van der Waals surface area contributed by atoms with Crippen LogP contribution >= 0.6 is 0 Å². The minimum Gasteiger partial charge on any atom is -0.478 e. The van der Waals surface area contributed by atoms with Crippen molar-refractivity contribution in [2.75, 3.05) is 33.3 Å². The van der Waals surface area contributed by atoms with Gasteiger partial charge >= 0.3 is 5.97 Å². The molecule has 0 saturated carbocycles. The maximum atomic E-state index is 13.9. The van der Waals surface area contributed by atoms with Crippen LogP contribution in [0.4, 0.5) is 22.7 Å². The average molecular weight is 1260 g/mol. The Balaban J connectivity index is 1.38. The molecule has 0 aliphatic carbocycles. The van der Waals surface area contributed by atoms with Crippen LogP contribution in [0.1, 0.15) is 54.7 Å². The van der Waals surface area contributed by atoms with Crippen molar-refractivity contribution < 1.29 is 86.2 Å².